The average Bonchev–Trinajstić information content (AvgIpc) is 2.61. The molecule has 0 aliphatic carbocycles. The summed E-state index contributed by atoms with van der Waals surface area (Å²) in [6.07, 6.45) is 1.65. The monoisotopic (exact) mass is 391 g/mol. The zero-order valence-electron chi connectivity index (χ0n) is 15.2. The van der Waals surface area contributed by atoms with E-state index in [1.807, 2.05) is 19.1 Å². The third kappa shape index (κ3) is 4.82. The van der Waals surface area contributed by atoms with E-state index in [0.29, 0.717) is 12.1 Å². The number of non-ortho nitro benzene ring substituents is 1. The largest absolute Gasteiger partial charge is 0.324 e. The lowest BCUT2D eigenvalue weighted by atomic mass is 10.1. The van der Waals surface area contributed by atoms with Gasteiger partial charge in [0.25, 0.3) is 5.69 Å². The third-order valence-electron chi connectivity index (χ3n) is 4.04. The summed E-state index contributed by atoms with van der Waals surface area (Å²) in [5.41, 5.74) is 1.31. The number of amides is 1. The second-order valence-electron chi connectivity index (χ2n) is 6.01. The molecule has 0 unspecified atom stereocenters. The summed E-state index contributed by atoms with van der Waals surface area (Å²) in [7, 11) is -3.86. The van der Waals surface area contributed by atoms with E-state index in [1.54, 1.807) is 12.1 Å². The number of anilines is 2. The van der Waals surface area contributed by atoms with Gasteiger partial charge < -0.3 is 5.32 Å². The quantitative estimate of drug-likeness (QED) is 0.576. The van der Waals surface area contributed by atoms with Crippen molar-refractivity contribution in [3.05, 3.63) is 64.2 Å². The first kappa shape index (κ1) is 20.4. The number of hydrogen-bond donors (Lipinski definition) is 1. The molecule has 0 spiro atoms. The molecule has 1 amide bonds. The molecule has 2 aromatic carbocycles. The van der Waals surface area contributed by atoms with E-state index in [9.17, 15) is 23.3 Å². The first-order valence-corrected chi connectivity index (χ1v) is 10.1. The summed E-state index contributed by atoms with van der Waals surface area (Å²) in [6.45, 7) is 3.38. The molecule has 9 heteroatoms. The summed E-state index contributed by atoms with van der Waals surface area (Å²) in [6, 6.07) is 11.3. The highest BCUT2D eigenvalue weighted by Crippen LogP contribution is 2.26. The van der Waals surface area contributed by atoms with Crippen molar-refractivity contribution in [2.45, 2.75) is 26.3 Å². The number of nitro benzene ring substituents is 1. The first-order valence-electron chi connectivity index (χ1n) is 8.27. The molecule has 1 N–H and O–H groups in total. The average molecular weight is 391 g/mol. The molecule has 8 nitrogen and oxygen atoms in total. The molecule has 2 rings (SSSR count). The molecule has 0 heterocycles. The Kier molecular flexibility index (Phi) is 6.17. The van der Waals surface area contributed by atoms with Gasteiger partial charge in [0.1, 0.15) is 6.04 Å². The van der Waals surface area contributed by atoms with Gasteiger partial charge in [-0.2, -0.15) is 0 Å². The number of rotatable bonds is 7. The second kappa shape index (κ2) is 8.17. The van der Waals surface area contributed by atoms with E-state index in [2.05, 4.69) is 5.32 Å². The van der Waals surface area contributed by atoms with Crippen molar-refractivity contribution >= 4 is 33.0 Å². The lowest BCUT2D eigenvalue weighted by Gasteiger charge is -2.28. The van der Waals surface area contributed by atoms with Crippen LogP contribution in [0.5, 0.6) is 0 Å². The van der Waals surface area contributed by atoms with Crippen LogP contribution in [-0.4, -0.2) is 31.5 Å². The molecular formula is C18H21N3O5S. The molecular weight excluding hydrogens is 370 g/mol. The van der Waals surface area contributed by atoms with Crippen LogP contribution in [0.4, 0.5) is 17.1 Å². The highest BCUT2D eigenvalue weighted by molar-refractivity contribution is 7.92. The minimum absolute atomic E-state index is 0.0538. The summed E-state index contributed by atoms with van der Waals surface area (Å²) >= 11 is 0. The van der Waals surface area contributed by atoms with E-state index in [0.717, 1.165) is 22.2 Å². The third-order valence-corrected chi connectivity index (χ3v) is 5.28. The highest BCUT2D eigenvalue weighted by atomic mass is 32.2. The van der Waals surface area contributed by atoms with Crippen LogP contribution >= 0.6 is 0 Å². The molecule has 0 radical (unpaired) electrons. The fourth-order valence-electron chi connectivity index (χ4n) is 2.74. The van der Waals surface area contributed by atoms with Crippen molar-refractivity contribution in [2.24, 2.45) is 0 Å². The van der Waals surface area contributed by atoms with E-state index in [-0.39, 0.29) is 11.4 Å². The van der Waals surface area contributed by atoms with Gasteiger partial charge in [-0.1, -0.05) is 31.2 Å². The Labute approximate surface area is 158 Å². The molecule has 0 bridgehead atoms. The Morgan fingerprint density at radius 1 is 1.22 bits per heavy atom. The predicted molar refractivity (Wildman–Crippen MR) is 104 cm³/mol. The summed E-state index contributed by atoms with van der Waals surface area (Å²) < 4.78 is 25.5. The Hall–Kier alpha value is -2.94. The van der Waals surface area contributed by atoms with Crippen LogP contribution in [0, 0.1) is 10.1 Å². The highest BCUT2D eigenvalue weighted by Gasteiger charge is 2.30. The number of nitrogens with zero attached hydrogens (tertiary/aromatic N) is 2. The van der Waals surface area contributed by atoms with Crippen molar-refractivity contribution in [1.82, 2.24) is 0 Å². The lowest BCUT2D eigenvalue weighted by molar-refractivity contribution is -0.384. The fraction of sp³-hybridized carbons (Fsp3) is 0.278. The molecule has 0 aliphatic rings. The Bertz CT molecular complexity index is 959. The van der Waals surface area contributed by atoms with Crippen molar-refractivity contribution in [1.29, 1.82) is 0 Å². The standard InChI is InChI=1S/C18H21N3O5S/c1-4-14-8-5-6-11-17(14)19-18(22)13(2)20(27(3,25)26)15-9-7-10-16(12-15)21(23)24/h5-13H,4H2,1-3H3,(H,19,22)/t13-/m0/s1. The Morgan fingerprint density at radius 3 is 2.48 bits per heavy atom. The maximum Gasteiger partial charge on any atom is 0.271 e. The number of sulfonamides is 1. The van der Waals surface area contributed by atoms with Crippen molar-refractivity contribution in [2.75, 3.05) is 15.9 Å². The van der Waals surface area contributed by atoms with E-state index < -0.39 is 26.9 Å². The van der Waals surface area contributed by atoms with Crippen LogP contribution in [0.2, 0.25) is 0 Å². The molecule has 0 aliphatic heterocycles. The number of para-hydroxylation sites is 1. The number of aryl methyl sites for hydroxylation is 1. The minimum Gasteiger partial charge on any atom is -0.324 e. The van der Waals surface area contributed by atoms with Crippen LogP contribution in [0.1, 0.15) is 19.4 Å². The normalized spacial score (nSPS) is 12.3. The van der Waals surface area contributed by atoms with Crippen LogP contribution in [0.15, 0.2) is 48.5 Å². The van der Waals surface area contributed by atoms with Gasteiger partial charge in [-0.25, -0.2) is 8.42 Å². The second-order valence-corrected chi connectivity index (χ2v) is 7.87. The zero-order chi connectivity index (χ0) is 20.2. The molecule has 0 fully saturated rings. The molecule has 0 saturated carbocycles. The number of hydrogen-bond acceptors (Lipinski definition) is 5. The molecule has 0 saturated heterocycles. The molecule has 0 aromatic heterocycles. The Morgan fingerprint density at radius 2 is 1.89 bits per heavy atom. The van der Waals surface area contributed by atoms with E-state index >= 15 is 0 Å². The minimum atomic E-state index is -3.86. The van der Waals surface area contributed by atoms with Crippen molar-refractivity contribution < 1.29 is 18.1 Å². The van der Waals surface area contributed by atoms with Gasteiger partial charge >= 0.3 is 0 Å². The van der Waals surface area contributed by atoms with Gasteiger partial charge in [0.2, 0.25) is 15.9 Å². The van der Waals surface area contributed by atoms with Crippen LogP contribution in [-0.2, 0) is 21.2 Å². The summed E-state index contributed by atoms with van der Waals surface area (Å²) in [5.74, 6) is -0.534. The van der Waals surface area contributed by atoms with Gasteiger partial charge in [0.15, 0.2) is 0 Å². The molecule has 2 aromatic rings. The van der Waals surface area contributed by atoms with Gasteiger partial charge in [0.05, 0.1) is 16.9 Å². The molecule has 1 atom stereocenters. The van der Waals surface area contributed by atoms with Crippen molar-refractivity contribution in [3.8, 4) is 0 Å². The number of carbonyl (C=O) groups is 1. The van der Waals surface area contributed by atoms with Gasteiger partial charge in [0, 0.05) is 17.8 Å². The smallest absolute Gasteiger partial charge is 0.271 e. The Balaban J connectivity index is 2.38. The molecule has 144 valence electrons. The van der Waals surface area contributed by atoms with E-state index in [1.165, 1.54) is 25.1 Å². The SMILES string of the molecule is CCc1ccccc1NC(=O)[C@H](C)N(c1cccc([N+](=O)[O-])c1)S(C)(=O)=O. The predicted octanol–water partition coefficient (Wildman–Crippen LogP) is 2.95. The van der Waals surface area contributed by atoms with Crippen LogP contribution in [0.25, 0.3) is 0 Å². The van der Waals surface area contributed by atoms with Crippen molar-refractivity contribution in [3.63, 3.8) is 0 Å². The molecule has 27 heavy (non-hydrogen) atoms. The number of benzene rings is 2. The zero-order valence-corrected chi connectivity index (χ0v) is 16.1. The summed E-state index contributed by atoms with van der Waals surface area (Å²) in [5, 5.41) is 13.7. The number of carbonyl (C=O) groups excluding carboxylic acids is 1. The van der Waals surface area contributed by atoms with Gasteiger partial charge in [-0.15, -0.1) is 0 Å². The van der Waals surface area contributed by atoms with E-state index in [4.69, 9.17) is 0 Å². The topological polar surface area (TPSA) is 110 Å². The number of nitrogens with one attached hydrogen (secondary N) is 1. The fourth-order valence-corrected chi connectivity index (χ4v) is 3.91. The number of nitro groups is 1. The van der Waals surface area contributed by atoms with Gasteiger partial charge in [-0.3, -0.25) is 19.2 Å². The first-order chi connectivity index (χ1) is 12.6. The van der Waals surface area contributed by atoms with Gasteiger partial charge in [-0.05, 0) is 31.0 Å². The summed E-state index contributed by atoms with van der Waals surface area (Å²) in [4.78, 5) is 23.1. The van der Waals surface area contributed by atoms with Crippen LogP contribution in [0.3, 0.4) is 0 Å². The lowest BCUT2D eigenvalue weighted by Crippen LogP contribution is -2.45. The van der Waals surface area contributed by atoms with Crippen LogP contribution < -0.4 is 9.62 Å². The maximum absolute atomic E-state index is 12.7. The maximum atomic E-state index is 12.7.